The number of hydrogen-bond acceptors (Lipinski definition) is 3. The fraction of sp³-hybridized carbons (Fsp3) is 0.571. The second kappa shape index (κ2) is 3.39. The minimum atomic E-state index is -4.54. The molecule has 1 heterocycles. The van der Waals surface area contributed by atoms with Crippen molar-refractivity contribution in [3.63, 3.8) is 0 Å². The summed E-state index contributed by atoms with van der Waals surface area (Å²) in [7, 11) is 1.34. The van der Waals surface area contributed by atoms with E-state index in [9.17, 15) is 13.2 Å². The summed E-state index contributed by atoms with van der Waals surface area (Å²) in [5.74, 6) is -0.0557. The van der Waals surface area contributed by atoms with Crippen molar-refractivity contribution in [3.05, 3.63) is 5.69 Å². The molecule has 0 aliphatic rings. The van der Waals surface area contributed by atoms with Gasteiger partial charge in [0.1, 0.15) is 5.69 Å². The second-order valence-electron chi connectivity index (χ2n) is 2.62. The molecule has 0 bridgehead atoms. The molecular formula is C7H10F3N3O. The highest BCUT2D eigenvalue weighted by Gasteiger charge is 2.38. The van der Waals surface area contributed by atoms with Gasteiger partial charge in [0.2, 0.25) is 5.88 Å². The maximum Gasteiger partial charge on any atom is 0.437 e. The zero-order chi connectivity index (χ0) is 10.9. The minimum absolute atomic E-state index is 0.0557. The van der Waals surface area contributed by atoms with Crippen molar-refractivity contribution >= 4 is 5.69 Å². The molecule has 0 unspecified atom stereocenters. The van der Waals surface area contributed by atoms with Crippen LogP contribution in [0.4, 0.5) is 18.9 Å². The number of ether oxygens (including phenoxy) is 1. The Morgan fingerprint density at radius 2 is 2.07 bits per heavy atom. The van der Waals surface area contributed by atoms with Gasteiger partial charge in [-0.25, -0.2) is 4.68 Å². The van der Waals surface area contributed by atoms with Gasteiger partial charge in [-0.2, -0.15) is 18.3 Å². The molecule has 0 fully saturated rings. The third-order valence-electron chi connectivity index (χ3n) is 1.58. The van der Waals surface area contributed by atoms with Gasteiger partial charge >= 0.3 is 6.18 Å². The quantitative estimate of drug-likeness (QED) is 0.801. The van der Waals surface area contributed by atoms with Crippen LogP contribution in [0.1, 0.15) is 12.6 Å². The first-order chi connectivity index (χ1) is 6.38. The molecule has 0 spiro atoms. The second-order valence-corrected chi connectivity index (χ2v) is 2.62. The average Bonchev–Trinajstić information content (AvgIpc) is 2.31. The summed E-state index contributed by atoms with van der Waals surface area (Å²) >= 11 is 0. The highest BCUT2D eigenvalue weighted by atomic mass is 19.4. The Morgan fingerprint density at radius 3 is 2.43 bits per heavy atom. The molecule has 1 rings (SSSR count). The molecule has 1 aromatic rings. The van der Waals surface area contributed by atoms with Crippen LogP contribution in [0.15, 0.2) is 0 Å². The van der Waals surface area contributed by atoms with Crippen molar-refractivity contribution in [3.8, 4) is 5.88 Å². The third kappa shape index (κ3) is 1.75. The lowest BCUT2D eigenvalue weighted by Gasteiger charge is -2.04. The van der Waals surface area contributed by atoms with Crippen molar-refractivity contribution in [2.75, 3.05) is 12.3 Å². The van der Waals surface area contributed by atoms with Gasteiger partial charge in [0.25, 0.3) is 0 Å². The van der Waals surface area contributed by atoms with Crippen LogP contribution in [-0.4, -0.2) is 16.4 Å². The van der Waals surface area contributed by atoms with E-state index in [1.54, 1.807) is 6.92 Å². The van der Waals surface area contributed by atoms with E-state index < -0.39 is 17.6 Å². The Labute approximate surface area is 78.4 Å². The van der Waals surface area contributed by atoms with Crippen LogP contribution in [-0.2, 0) is 13.2 Å². The van der Waals surface area contributed by atoms with E-state index in [0.29, 0.717) is 0 Å². The van der Waals surface area contributed by atoms with Crippen LogP contribution in [0.25, 0.3) is 0 Å². The first-order valence-electron chi connectivity index (χ1n) is 3.90. The number of nitrogens with zero attached hydrogens (tertiary/aromatic N) is 2. The number of anilines is 1. The molecule has 2 N–H and O–H groups in total. The number of nitrogen functional groups attached to an aromatic ring is 1. The van der Waals surface area contributed by atoms with Gasteiger partial charge in [0.05, 0.1) is 6.61 Å². The van der Waals surface area contributed by atoms with E-state index in [2.05, 4.69) is 5.10 Å². The summed E-state index contributed by atoms with van der Waals surface area (Å²) in [6.45, 7) is 1.89. The van der Waals surface area contributed by atoms with Crippen molar-refractivity contribution < 1.29 is 17.9 Å². The van der Waals surface area contributed by atoms with Crippen LogP contribution in [0.3, 0.4) is 0 Å². The number of hydrogen-bond donors (Lipinski definition) is 1. The molecule has 4 nitrogen and oxygen atoms in total. The van der Waals surface area contributed by atoms with Crippen LogP contribution in [0, 0.1) is 0 Å². The predicted molar refractivity (Wildman–Crippen MR) is 43.8 cm³/mol. The maximum absolute atomic E-state index is 12.3. The van der Waals surface area contributed by atoms with Gasteiger partial charge in [0.15, 0.2) is 5.69 Å². The molecule has 0 radical (unpaired) electrons. The van der Waals surface area contributed by atoms with Crippen molar-refractivity contribution in [1.82, 2.24) is 9.78 Å². The molecule has 0 saturated carbocycles. The predicted octanol–water partition coefficient (Wildman–Crippen LogP) is 1.42. The van der Waals surface area contributed by atoms with Crippen LogP contribution in [0.5, 0.6) is 5.88 Å². The molecule has 80 valence electrons. The Hall–Kier alpha value is -1.40. The fourth-order valence-corrected chi connectivity index (χ4v) is 1.04. The molecule has 0 atom stereocenters. The first kappa shape index (κ1) is 10.7. The summed E-state index contributed by atoms with van der Waals surface area (Å²) in [4.78, 5) is 0. The molecule has 0 aliphatic heterocycles. The maximum atomic E-state index is 12.3. The molecule has 0 aliphatic carbocycles. The van der Waals surface area contributed by atoms with E-state index in [0.717, 1.165) is 4.68 Å². The summed E-state index contributed by atoms with van der Waals surface area (Å²) in [5, 5.41) is 3.24. The zero-order valence-corrected chi connectivity index (χ0v) is 7.72. The molecule has 0 saturated heterocycles. The van der Waals surface area contributed by atoms with Crippen molar-refractivity contribution in [1.29, 1.82) is 0 Å². The standard InChI is InChI=1S/C7H10F3N3O/c1-3-14-6-4(11)5(7(8,9)10)12-13(6)2/h3,11H2,1-2H3. The monoisotopic (exact) mass is 209 g/mol. The van der Waals surface area contributed by atoms with E-state index in [4.69, 9.17) is 10.5 Å². The topological polar surface area (TPSA) is 53.1 Å². The largest absolute Gasteiger partial charge is 0.477 e. The van der Waals surface area contributed by atoms with Gasteiger partial charge in [-0.1, -0.05) is 0 Å². The van der Waals surface area contributed by atoms with E-state index in [1.807, 2.05) is 0 Å². The number of aromatic nitrogens is 2. The van der Waals surface area contributed by atoms with Gasteiger partial charge in [-0.05, 0) is 6.92 Å². The smallest absolute Gasteiger partial charge is 0.437 e. The molecule has 0 aromatic carbocycles. The lowest BCUT2D eigenvalue weighted by atomic mass is 10.3. The number of nitrogens with two attached hydrogens (primary N) is 1. The van der Waals surface area contributed by atoms with Crippen molar-refractivity contribution in [2.24, 2.45) is 7.05 Å². The number of halogens is 3. The number of alkyl halides is 3. The molecular weight excluding hydrogens is 199 g/mol. The average molecular weight is 209 g/mol. The normalized spacial score (nSPS) is 11.8. The van der Waals surface area contributed by atoms with Gasteiger partial charge in [0, 0.05) is 7.05 Å². The van der Waals surface area contributed by atoms with E-state index in [1.165, 1.54) is 7.05 Å². The Balaban J connectivity index is 3.17. The SMILES string of the molecule is CCOc1c(N)c(C(F)(F)F)nn1C. The Bertz CT molecular complexity index is 332. The minimum Gasteiger partial charge on any atom is -0.477 e. The number of aryl methyl sites for hydroxylation is 1. The molecule has 14 heavy (non-hydrogen) atoms. The highest BCUT2D eigenvalue weighted by molar-refractivity contribution is 5.54. The third-order valence-corrected chi connectivity index (χ3v) is 1.58. The van der Waals surface area contributed by atoms with Crippen molar-refractivity contribution in [2.45, 2.75) is 13.1 Å². The lowest BCUT2D eigenvalue weighted by Crippen LogP contribution is -2.09. The lowest BCUT2D eigenvalue weighted by molar-refractivity contribution is -0.140. The van der Waals surface area contributed by atoms with Crippen LogP contribution < -0.4 is 10.5 Å². The molecule has 7 heteroatoms. The summed E-state index contributed by atoms with van der Waals surface area (Å²) < 4.78 is 42.7. The zero-order valence-electron chi connectivity index (χ0n) is 7.72. The van der Waals surface area contributed by atoms with E-state index >= 15 is 0 Å². The van der Waals surface area contributed by atoms with Crippen LogP contribution >= 0.6 is 0 Å². The van der Waals surface area contributed by atoms with E-state index in [-0.39, 0.29) is 12.5 Å². The fourth-order valence-electron chi connectivity index (χ4n) is 1.04. The summed E-state index contributed by atoms with van der Waals surface area (Å²) in [6, 6.07) is 0. The summed E-state index contributed by atoms with van der Waals surface area (Å²) in [5.41, 5.74) is 3.67. The Morgan fingerprint density at radius 1 is 1.50 bits per heavy atom. The van der Waals surface area contributed by atoms with Gasteiger partial charge < -0.3 is 10.5 Å². The van der Waals surface area contributed by atoms with Gasteiger partial charge in [-0.15, -0.1) is 0 Å². The number of rotatable bonds is 2. The molecule has 0 amide bonds. The Kier molecular flexibility index (Phi) is 2.59. The first-order valence-corrected chi connectivity index (χ1v) is 3.90. The highest BCUT2D eigenvalue weighted by Crippen LogP contribution is 2.36. The summed E-state index contributed by atoms with van der Waals surface area (Å²) in [6.07, 6.45) is -4.54. The van der Waals surface area contributed by atoms with Gasteiger partial charge in [-0.3, -0.25) is 0 Å². The molecule has 1 aromatic heterocycles. The van der Waals surface area contributed by atoms with Crippen LogP contribution in [0.2, 0.25) is 0 Å².